The van der Waals surface area contributed by atoms with Crippen molar-refractivity contribution in [1.29, 1.82) is 0 Å². The Morgan fingerprint density at radius 2 is 1.57 bits per heavy atom. The van der Waals surface area contributed by atoms with Gasteiger partial charge in [-0.3, -0.25) is 0 Å². The van der Waals surface area contributed by atoms with E-state index in [0.717, 1.165) is 0 Å². The molecule has 0 bridgehead atoms. The third-order valence-corrected chi connectivity index (χ3v) is 4.94. The van der Waals surface area contributed by atoms with E-state index in [4.69, 9.17) is 13.9 Å². The van der Waals surface area contributed by atoms with Gasteiger partial charge < -0.3 is 40.1 Å². The lowest BCUT2D eigenvalue weighted by Gasteiger charge is -2.39. The molecule has 30 heavy (non-hydrogen) atoms. The molecule has 6 N–H and O–H groups in total. The van der Waals surface area contributed by atoms with Crippen molar-refractivity contribution in [2.45, 2.75) is 30.7 Å². The van der Waals surface area contributed by atoms with Crippen LogP contribution in [0.25, 0.3) is 22.3 Å². The SMILES string of the molecule is OC[C@H]1O[C@@H](Oc2cc3ccc(O)cc3[o+]c2-c2ccc(O)cc2)[C@H](O)[C@@H](O)[C@@H]1O. The average Bonchev–Trinajstić information content (AvgIpc) is 2.74. The van der Waals surface area contributed by atoms with E-state index in [0.29, 0.717) is 16.5 Å². The lowest BCUT2D eigenvalue weighted by atomic mass is 9.99. The standard InChI is InChI=1S/C21H20O9/c22-9-16-17(25)18(26)19(27)21(30-16)29-15-7-11-3-6-13(24)8-14(11)28-20(15)10-1-4-12(23)5-2-10/h1-8,16-19,21-22,25-27H,9H2,(H-,23,24)/p+1/t16-,17-,18+,19-,21-/m1/s1. The first-order valence-electron chi connectivity index (χ1n) is 9.24. The molecular weight excluding hydrogens is 396 g/mol. The van der Waals surface area contributed by atoms with Crippen LogP contribution in [-0.4, -0.2) is 68.0 Å². The summed E-state index contributed by atoms with van der Waals surface area (Å²) in [4.78, 5) is 0. The smallest absolute Gasteiger partial charge is 0.402 e. The fourth-order valence-electron chi connectivity index (χ4n) is 3.29. The van der Waals surface area contributed by atoms with Crippen molar-refractivity contribution in [1.82, 2.24) is 0 Å². The topological polar surface area (TPSA) is 151 Å². The monoisotopic (exact) mass is 417 g/mol. The minimum atomic E-state index is -1.59. The van der Waals surface area contributed by atoms with Crippen LogP contribution in [0.5, 0.6) is 17.2 Å². The van der Waals surface area contributed by atoms with E-state index >= 15 is 0 Å². The average molecular weight is 417 g/mol. The molecule has 9 heteroatoms. The lowest BCUT2D eigenvalue weighted by molar-refractivity contribution is -0.277. The number of ether oxygens (including phenoxy) is 2. The second-order valence-corrected chi connectivity index (χ2v) is 7.02. The van der Waals surface area contributed by atoms with Crippen molar-refractivity contribution in [2.75, 3.05) is 6.61 Å². The van der Waals surface area contributed by atoms with Crippen LogP contribution in [0.15, 0.2) is 52.9 Å². The Kier molecular flexibility index (Phi) is 5.46. The second kappa shape index (κ2) is 8.05. The van der Waals surface area contributed by atoms with Gasteiger partial charge in [-0.1, -0.05) is 0 Å². The van der Waals surface area contributed by atoms with Crippen LogP contribution < -0.4 is 4.74 Å². The molecule has 1 saturated heterocycles. The van der Waals surface area contributed by atoms with Crippen LogP contribution in [-0.2, 0) is 4.74 Å². The van der Waals surface area contributed by atoms with E-state index < -0.39 is 37.3 Å². The van der Waals surface area contributed by atoms with Gasteiger partial charge in [-0.2, -0.15) is 0 Å². The predicted molar refractivity (Wildman–Crippen MR) is 104 cm³/mol. The van der Waals surface area contributed by atoms with Crippen LogP contribution in [0, 0.1) is 0 Å². The lowest BCUT2D eigenvalue weighted by Crippen LogP contribution is -2.60. The Labute approximate surface area is 170 Å². The number of phenolic OH excluding ortho intramolecular Hbond substituents is 2. The highest BCUT2D eigenvalue weighted by molar-refractivity contribution is 5.83. The molecule has 3 aromatic rings. The largest absolute Gasteiger partial charge is 0.508 e. The highest BCUT2D eigenvalue weighted by Gasteiger charge is 2.45. The molecule has 0 spiro atoms. The zero-order valence-corrected chi connectivity index (χ0v) is 15.6. The summed E-state index contributed by atoms with van der Waals surface area (Å²) in [6, 6.07) is 12.2. The normalized spacial score (nSPS) is 26.6. The molecule has 2 heterocycles. The Morgan fingerprint density at radius 3 is 2.27 bits per heavy atom. The molecule has 0 amide bonds. The van der Waals surface area contributed by atoms with Crippen LogP contribution in [0.4, 0.5) is 0 Å². The minimum absolute atomic E-state index is 0.00510. The number of aliphatic hydroxyl groups is 4. The predicted octanol–water partition coefficient (Wildman–Crippen LogP) is 0.971. The van der Waals surface area contributed by atoms with Gasteiger partial charge >= 0.3 is 11.3 Å². The third-order valence-electron chi connectivity index (χ3n) is 4.94. The third kappa shape index (κ3) is 3.76. The van der Waals surface area contributed by atoms with E-state index in [9.17, 15) is 30.6 Å². The van der Waals surface area contributed by atoms with Gasteiger partial charge in [-0.25, -0.2) is 4.42 Å². The number of fused-ring (bicyclic) bond motifs is 1. The van der Waals surface area contributed by atoms with Gasteiger partial charge in [0, 0.05) is 6.07 Å². The zero-order valence-electron chi connectivity index (χ0n) is 15.6. The highest BCUT2D eigenvalue weighted by atomic mass is 16.7. The fraction of sp³-hybridized carbons (Fsp3) is 0.286. The first-order valence-corrected chi connectivity index (χ1v) is 9.24. The Balaban J connectivity index is 1.77. The molecule has 5 atom stereocenters. The molecule has 2 aromatic carbocycles. The van der Waals surface area contributed by atoms with Gasteiger partial charge in [-0.15, -0.1) is 0 Å². The van der Waals surface area contributed by atoms with Gasteiger partial charge in [-0.05, 0) is 36.4 Å². The van der Waals surface area contributed by atoms with E-state index in [1.165, 1.54) is 24.3 Å². The number of aliphatic hydroxyl groups excluding tert-OH is 4. The number of hydrogen-bond donors (Lipinski definition) is 6. The summed E-state index contributed by atoms with van der Waals surface area (Å²) in [5.74, 6) is 0.410. The molecule has 1 aliphatic rings. The highest BCUT2D eigenvalue weighted by Crippen LogP contribution is 2.37. The molecule has 9 nitrogen and oxygen atoms in total. The molecule has 0 radical (unpaired) electrons. The summed E-state index contributed by atoms with van der Waals surface area (Å²) < 4.78 is 17.1. The van der Waals surface area contributed by atoms with Gasteiger partial charge in [0.1, 0.15) is 35.9 Å². The molecule has 158 valence electrons. The number of aromatic hydroxyl groups is 2. The molecule has 0 aliphatic carbocycles. The van der Waals surface area contributed by atoms with E-state index in [1.807, 2.05) is 0 Å². The van der Waals surface area contributed by atoms with Crippen molar-refractivity contribution < 1.29 is 44.5 Å². The van der Waals surface area contributed by atoms with Gasteiger partial charge in [0.05, 0.1) is 23.6 Å². The zero-order chi connectivity index (χ0) is 21.4. The van der Waals surface area contributed by atoms with Crippen molar-refractivity contribution in [3.8, 4) is 28.6 Å². The molecular formula is C21H21O9+. The van der Waals surface area contributed by atoms with Gasteiger partial charge in [0.2, 0.25) is 12.0 Å². The summed E-state index contributed by atoms with van der Waals surface area (Å²) in [6.07, 6.45) is -7.22. The summed E-state index contributed by atoms with van der Waals surface area (Å²) in [5.41, 5.74) is 0.886. The summed E-state index contributed by atoms with van der Waals surface area (Å²) in [7, 11) is 0. The minimum Gasteiger partial charge on any atom is -0.508 e. The first-order chi connectivity index (χ1) is 14.4. The quantitative estimate of drug-likeness (QED) is 0.341. The van der Waals surface area contributed by atoms with Crippen LogP contribution in [0.2, 0.25) is 0 Å². The maximum Gasteiger partial charge on any atom is 0.402 e. The molecule has 0 saturated carbocycles. The second-order valence-electron chi connectivity index (χ2n) is 7.02. The summed E-state index contributed by atoms with van der Waals surface area (Å²) >= 11 is 0. The number of hydrogen-bond acceptors (Lipinski definition) is 8. The van der Waals surface area contributed by atoms with E-state index in [2.05, 4.69) is 0 Å². The van der Waals surface area contributed by atoms with Crippen LogP contribution in [0.3, 0.4) is 0 Å². The van der Waals surface area contributed by atoms with Gasteiger partial charge in [0.25, 0.3) is 0 Å². The number of benzene rings is 2. The number of phenols is 2. The summed E-state index contributed by atoms with van der Waals surface area (Å²) in [5, 5.41) is 59.5. The van der Waals surface area contributed by atoms with Crippen molar-refractivity contribution in [3.63, 3.8) is 0 Å². The number of rotatable bonds is 4. The molecule has 4 rings (SSSR count). The Morgan fingerprint density at radius 1 is 0.867 bits per heavy atom. The molecule has 1 aliphatic heterocycles. The molecule has 1 fully saturated rings. The summed E-state index contributed by atoms with van der Waals surface area (Å²) in [6.45, 7) is -0.586. The van der Waals surface area contributed by atoms with Gasteiger partial charge in [0.15, 0.2) is 0 Å². The Hall–Kier alpha value is -2.95. The molecule has 1 aromatic heterocycles. The van der Waals surface area contributed by atoms with Crippen LogP contribution >= 0.6 is 0 Å². The van der Waals surface area contributed by atoms with Crippen molar-refractivity contribution >= 4 is 11.0 Å². The fourth-order valence-corrected chi connectivity index (χ4v) is 3.29. The van der Waals surface area contributed by atoms with E-state index in [-0.39, 0.29) is 23.0 Å². The van der Waals surface area contributed by atoms with Crippen LogP contribution in [0.1, 0.15) is 0 Å². The first kappa shape index (κ1) is 20.3. The van der Waals surface area contributed by atoms with E-state index in [1.54, 1.807) is 24.3 Å². The van der Waals surface area contributed by atoms with Crippen molar-refractivity contribution in [3.05, 3.63) is 48.5 Å². The maximum absolute atomic E-state index is 10.3. The Bertz CT molecular complexity index is 1030. The maximum atomic E-state index is 10.3. The van der Waals surface area contributed by atoms with Crippen molar-refractivity contribution in [2.24, 2.45) is 0 Å². The molecule has 0 unspecified atom stereocenters.